The Labute approximate surface area is 188 Å². The maximum absolute atomic E-state index is 13.8. The van der Waals surface area contributed by atoms with Gasteiger partial charge in [-0.15, -0.1) is 11.3 Å². The van der Waals surface area contributed by atoms with Crippen LogP contribution in [0.5, 0.6) is 0 Å². The standard InChI is InChI=1S/C24H33NO5S/c1-15-8-10-18(11-9-15)23(26)25(19-13-29-16(2)30-14-19)20-12-21(31-22(20)24(27)28)17-6-4-3-5-7-17/h6,12,15-16,18-19H,3-5,7-11,13-14H2,1-2H3,(H,27,28)/t15-,16?,18-,19?. The summed E-state index contributed by atoms with van der Waals surface area (Å²) in [6, 6.07) is 1.61. The lowest BCUT2D eigenvalue weighted by atomic mass is 9.82. The molecule has 1 aliphatic heterocycles. The minimum Gasteiger partial charge on any atom is -0.477 e. The second-order valence-electron chi connectivity index (χ2n) is 9.16. The van der Waals surface area contributed by atoms with Crippen LogP contribution in [0.2, 0.25) is 0 Å². The van der Waals surface area contributed by atoms with Crippen molar-refractivity contribution in [2.24, 2.45) is 11.8 Å². The van der Waals surface area contributed by atoms with E-state index < -0.39 is 5.97 Å². The SMILES string of the molecule is CC1OCC(N(c2cc(C3=CCCCC3)sc2C(=O)O)C(=O)[C@H]2CC[C@H](C)CC2)CO1. The highest BCUT2D eigenvalue weighted by Gasteiger charge is 2.38. The lowest BCUT2D eigenvalue weighted by molar-refractivity contribution is -0.176. The Morgan fingerprint density at radius 2 is 1.81 bits per heavy atom. The summed E-state index contributed by atoms with van der Waals surface area (Å²) >= 11 is 1.29. The Morgan fingerprint density at radius 3 is 2.42 bits per heavy atom. The molecule has 0 radical (unpaired) electrons. The van der Waals surface area contributed by atoms with Crippen molar-refractivity contribution in [3.05, 3.63) is 21.9 Å². The molecule has 2 aliphatic carbocycles. The number of carbonyl (C=O) groups is 2. The molecule has 170 valence electrons. The fourth-order valence-corrected chi connectivity index (χ4v) is 5.93. The lowest BCUT2D eigenvalue weighted by Crippen LogP contribution is -2.52. The van der Waals surface area contributed by atoms with Crippen LogP contribution in [0.1, 0.15) is 79.8 Å². The van der Waals surface area contributed by atoms with Crippen LogP contribution >= 0.6 is 11.3 Å². The zero-order valence-corrected chi connectivity index (χ0v) is 19.3. The molecule has 1 aromatic rings. The highest BCUT2D eigenvalue weighted by atomic mass is 32.1. The lowest BCUT2D eigenvalue weighted by Gasteiger charge is -2.38. The Kier molecular flexibility index (Phi) is 7.14. The molecule has 1 saturated carbocycles. The number of nitrogens with zero attached hydrogens (tertiary/aromatic N) is 1. The summed E-state index contributed by atoms with van der Waals surface area (Å²) in [6.45, 7) is 4.77. The Morgan fingerprint density at radius 1 is 1.10 bits per heavy atom. The molecule has 2 fully saturated rings. The largest absolute Gasteiger partial charge is 0.477 e. The van der Waals surface area contributed by atoms with E-state index in [0.29, 0.717) is 24.8 Å². The highest BCUT2D eigenvalue weighted by Crippen LogP contribution is 2.40. The molecule has 1 saturated heterocycles. The maximum atomic E-state index is 13.8. The molecule has 1 amide bonds. The molecule has 0 spiro atoms. The summed E-state index contributed by atoms with van der Waals surface area (Å²) < 4.78 is 11.4. The summed E-state index contributed by atoms with van der Waals surface area (Å²) in [6.07, 6.45) is 9.95. The van der Waals surface area contributed by atoms with E-state index >= 15 is 0 Å². The molecular weight excluding hydrogens is 414 g/mol. The first kappa shape index (κ1) is 22.5. The Hall–Kier alpha value is -1.70. The van der Waals surface area contributed by atoms with Gasteiger partial charge in [0.15, 0.2) is 6.29 Å². The molecule has 0 bridgehead atoms. The number of thiophene rings is 1. The van der Waals surface area contributed by atoms with Crippen molar-refractivity contribution in [1.29, 1.82) is 0 Å². The van der Waals surface area contributed by atoms with Gasteiger partial charge in [0.25, 0.3) is 0 Å². The molecule has 4 rings (SSSR count). The summed E-state index contributed by atoms with van der Waals surface area (Å²) in [7, 11) is 0. The normalized spacial score (nSPS) is 29.3. The number of hydrogen-bond donors (Lipinski definition) is 1. The third kappa shape index (κ3) is 5.04. The average molecular weight is 448 g/mol. The predicted molar refractivity (Wildman–Crippen MR) is 121 cm³/mol. The fourth-order valence-electron chi connectivity index (χ4n) is 4.87. The van der Waals surface area contributed by atoms with Crippen molar-refractivity contribution in [2.75, 3.05) is 18.1 Å². The van der Waals surface area contributed by atoms with E-state index in [0.717, 1.165) is 49.8 Å². The van der Waals surface area contributed by atoms with Crippen LogP contribution in [0.4, 0.5) is 5.69 Å². The molecule has 2 heterocycles. The first-order valence-electron chi connectivity index (χ1n) is 11.6. The Balaban J connectivity index is 1.70. The molecule has 6 nitrogen and oxygen atoms in total. The quantitative estimate of drug-likeness (QED) is 0.661. The fraction of sp³-hybridized carbons (Fsp3) is 0.667. The van der Waals surface area contributed by atoms with Gasteiger partial charge in [-0.1, -0.05) is 13.0 Å². The highest BCUT2D eigenvalue weighted by molar-refractivity contribution is 7.15. The number of aromatic carboxylic acids is 1. The topological polar surface area (TPSA) is 76.1 Å². The van der Waals surface area contributed by atoms with Gasteiger partial charge in [-0.05, 0) is 75.8 Å². The number of ether oxygens (including phenoxy) is 2. The van der Waals surface area contributed by atoms with E-state index in [2.05, 4.69) is 13.0 Å². The van der Waals surface area contributed by atoms with E-state index in [1.165, 1.54) is 23.3 Å². The van der Waals surface area contributed by atoms with Crippen molar-refractivity contribution in [1.82, 2.24) is 0 Å². The molecule has 7 heteroatoms. The second kappa shape index (κ2) is 9.84. The van der Waals surface area contributed by atoms with Gasteiger partial charge < -0.3 is 19.5 Å². The first-order valence-corrected chi connectivity index (χ1v) is 12.4. The average Bonchev–Trinajstić information content (AvgIpc) is 3.22. The zero-order chi connectivity index (χ0) is 22.0. The van der Waals surface area contributed by atoms with E-state index in [9.17, 15) is 14.7 Å². The predicted octanol–water partition coefficient (Wildman–Crippen LogP) is 5.32. The van der Waals surface area contributed by atoms with Crippen LogP contribution < -0.4 is 4.90 Å². The van der Waals surface area contributed by atoms with Crippen molar-refractivity contribution >= 4 is 34.5 Å². The van der Waals surface area contributed by atoms with Gasteiger partial charge in [0, 0.05) is 10.8 Å². The summed E-state index contributed by atoms with van der Waals surface area (Å²) in [4.78, 5) is 28.9. The van der Waals surface area contributed by atoms with Crippen molar-refractivity contribution < 1.29 is 24.2 Å². The smallest absolute Gasteiger partial charge is 0.348 e. The number of rotatable bonds is 5. The molecular formula is C24H33NO5S. The van der Waals surface area contributed by atoms with Crippen molar-refractivity contribution in [3.63, 3.8) is 0 Å². The summed E-state index contributed by atoms with van der Waals surface area (Å²) in [5, 5.41) is 9.98. The van der Waals surface area contributed by atoms with Gasteiger partial charge in [-0.3, -0.25) is 4.79 Å². The first-order chi connectivity index (χ1) is 14.9. The van der Waals surface area contributed by atoms with Gasteiger partial charge >= 0.3 is 5.97 Å². The van der Waals surface area contributed by atoms with Crippen LogP contribution in [0.25, 0.3) is 5.57 Å². The number of anilines is 1. The summed E-state index contributed by atoms with van der Waals surface area (Å²) in [5.74, 6) is -0.401. The third-order valence-corrected chi connectivity index (χ3v) is 7.98. The maximum Gasteiger partial charge on any atom is 0.348 e. The van der Waals surface area contributed by atoms with Crippen LogP contribution in [0.15, 0.2) is 12.1 Å². The van der Waals surface area contributed by atoms with E-state index in [4.69, 9.17) is 9.47 Å². The van der Waals surface area contributed by atoms with E-state index in [1.54, 1.807) is 4.90 Å². The van der Waals surface area contributed by atoms with E-state index in [-0.39, 0.29) is 29.0 Å². The van der Waals surface area contributed by atoms with Crippen molar-refractivity contribution in [3.8, 4) is 0 Å². The molecule has 1 aromatic heterocycles. The number of carboxylic acids is 1. The molecule has 0 aromatic carbocycles. The van der Waals surface area contributed by atoms with Gasteiger partial charge in [-0.2, -0.15) is 0 Å². The molecule has 0 unspecified atom stereocenters. The number of hydrogen-bond acceptors (Lipinski definition) is 5. The number of amides is 1. The van der Waals surface area contributed by atoms with Crippen LogP contribution in [-0.4, -0.2) is 42.5 Å². The molecule has 3 aliphatic rings. The molecule has 0 atom stereocenters. The zero-order valence-electron chi connectivity index (χ0n) is 18.5. The molecule has 31 heavy (non-hydrogen) atoms. The third-order valence-electron chi connectivity index (χ3n) is 6.79. The van der Waals surface area contributed by atoms with E-state index in [1.807, 2.05) is 13.0 Å². The van der Waals surface area contributed by atoms with Gasteiger partial charge in [0.1, 0.15) is 4.88 Å². The number of carbonyl (C=O) groups excluding carboxylic acids is 1. The minimum absolute atomic E-state index is 0.0168. The summed E-state index contributed by atoms with van der Waals surface area (Å²) in [5.41, 5.74) is 1.71. The van der Waals surface area contributed by atoms with Crippen LogP contribution in [-0.2, 0) is 14.3 Å². The van der Waals surface area contributed by atoms with Crippen molar-refractivity contribution in [2.45, 2.75) is 77.5 Å². The van der Waals surface area contributed by atoms with Gasteiger partial charge in [0.2, 0.25) is 5.91 Å². The number of carboxylic acid groups (broad SMARTS) is 1. The second-order valence-corrected chi connectivity index (χ2v) is 10.2. The van der Waals surface area contributed by atoms with Gasteiger partial charge in [-0.25, -0.2) is 4.79 Å². The van der Waals surface area contributed by atoms with Crippen LogP contribution in [0.3, 0.4) is 0 Å². The van der Waals surface area contributed by atoms with Gasteiger partial charge in [0.05, 0.1) is 24.9 Å². The Bertz CT molecular complexity index is 831. The minimum atomic E-state index is -0.983. The number of allylic oxidation sites excluding steroid dienone is 2. The van der Waals surface area contributed by atoms with Crippen LogP contribution in [0, 0.1) is 11.8 Å². The molecule has 1 N–H and O–H groups in total. The monoisotopic (exact) mass is 447 g/mol.